The molecule has 1 heterocycles. The zero-order chi connectivity index (χ0) is 15.7. The van der Waals surface area contributed by atoms with Crippen LogP contribution in [0.2, 0.25) is 0 Å². The summed E-state index contributed by atoms with van der Waals surface area (Å²) in [6, 6.07) is 3.33. The van der Waals surface area contributed by atoms with E-state index in [0.717, 1.165) is 0 Å². The molecule has 2 N–H and O–H groups in total. The first-order chi connectivity index (χ1) is 9.92. The van der Waals surface area contributed by atoms with Crippen LogP contribution in [0.25, 0.3) is 0 Å². The zero-order valence-electron chi connectivity index (χ0n) is 11.3. The van der Waals surface area contributed by atoms with Crippen molar-refractivity contribution in [3.8, 4) is 11.8 Å². The number of rotatable bonds is 6. The lowest BCUT2D eigenvalue weighted by Gasteiger charge is -2.06. The number of hydrogen-bond donors (Lipinski definition) is 2. The molecule has 0 atom stereocenters. The Morgan fingerprint density at radius 1 is 1.33 bits per heavy atom. The second-order valence-corrected chi connectivity index (χ2v) is 5.35. The highest BCUT2D eigenvalue weighted by Gasteiger charge is 2.25. The van der Waals surface area contributed by atoms with Gasteiger partial charge in [0.2, 0.25) is 0 Å². The van der Waals surface area contributed by atoms with Gasteiger partial charge in [0.25, 0.3) is 5.91 Å². The fourth-order valence-corrected chi connectivity index (χ4v) is 2.27. The smallest absolute Gasteiger partial charge is 0.389 e. The Morgan fingerprint density at radius 3 is 2.76 bits per heavy atom. The molecule has 0 bridgehead atoms. The molecule has 0 radical (unpaired) electrons. The van der Waals surface area contributed by atoms with Crippen LogP contribution in [0.1, 0.15) is 40.2 Å². The van der Waals surface area contributed by atoms with Crippen LogP contribution >= 0.6 is 11.3 Å². The highest BCUT2D eigenvalue weighted by molar-refractivity contribution is 7.14. The number of thiophene rings is 1. The van der Waals surface area contributed by atoms with Crippen LogP contribution in [-0.4, -0.2) is 30.3 Å². The van der Waals surface area contributed by atoms with Crippen molar-refractivity contribution < 1.29 is 23.1 Å². The minimum absolute atomic E-state index is 0.00606. The van der Waals surface area contributed by atoms with E-state index in [4.69, 9.17) is 5.11 Å². The van der Waals surface area contributed by atoms with Gasteiger partial charge in [0.05, 0.1) is 16.4 Å². The topological polar surface area (TPSA) is 49.3 Å². The Balaban J connectivity index is 2.31. The molecule has 0 aliphatic rings. The van der Waals surface area contributed by atoms with E-state index >= 15 is 0 Å². The number of unbranched alkanes of at least 4 members (excludes halogenated alkanes) is 1. The molecule has 1 rings (SSSR count). The summed E-state index contributed by atoms with van der Waals surface area (Å²) in [7, 11) is 0. The molecule has 0 unspecified atom stereocenters. The molecule has 0 saturated heterocycles. The number of alkyl halides is 3. The molecule has 0 aliphatic carbocycles. The van der Waals surface area contributed by atoms with Crippen molar-refractivity contribution >= 4 is 17.2 Å². The maximum absolute atomic E-state index is 11.9. The van der Waals surface area contributed by atoms with Crippen molar-refractivity contribution in [1.29, 1.82) is 0 Å². The summed E-state index contributed by atoms with van der Waals surface area (Å²) in [6.45, 7) is 0.210. The van der Waals surface area contributed by atoms with E-state index in [1.54, 1.807) is 12.1 Å². The van der Waals surface area contributed by atoms with Gasteiger partial charge in [-0.2, -0.15) is 13.2 Å². The summed E-state index contributed by atoms with van der Waals surface area (Å²) in [4.78, 5) is 12.9. The minimum atomic E-state index is -4.14. The first-order valence-electron chi connectivity index (χ1n) is 6.47. The fourth-order valence-electron chi connectivity index (χ4n) is 1.47. The third-order valence-electron chi connectivity index (χ3n) is 2.45. The van der Waals surface area contributed by atoms with Crippen LogP contribution in [0.3, 0.4) is 0 Å². The van der Waals surface area contributed by atoms with Crippen molar-refractivity contribution in [3.05, 3.63) is 21.9 Å². The van der Waals surface area contributed by atoms with E-state index in [2.05, 4.69) is 17.2 Å². The third-order valence-corrected chi connectivity index (χ3v) is 3.45. The van der Waals surface area contributed by atoms with Gasteiger partial charge >= 0.3 is 6.18 Å². The van der Waals surface area contributed by atoms with Crippen molar-refractivity contribution in [2.45, 2.75) is 31.9 Å². The average molecular weight is 319 g/mol. The Labute approximate surface area is 125 Å². The summed E-state index contributed by atoms with van der Waals surface area (Å²) in [5.41, 5.74) is 0. The van der Waals surface area contributed by atoms with Gasteiger partial charge in [-0.25, -0.2) is 0 Å². The number of carbonyl (C=O) groups is 1. The number of hydrogen-bond acceptors (Lipinski definition) is 3. The molecule has 3 nitrogen and oxygen atoms in total. The van der Waals surface area contributed by atoms with E-state index in [-0.39, 0.29) is 25.5 Å². The first-order valence-corrected chi connectivity index (χ1v) is 7.28. The first kappa shape index (κ1) is 17.5. The van der Waals surface area contributed by atoms with Crippen LogP contribution in [0, 0.1) is 11.8 Å². The van der Waals surface area contributed by atoms with E-state index in [0.29, 0.717) is 22.6 Å². The Hall–Kier alpha value is -1.52. The second kappa shape index (κ2) is 8.70. The molecule has 1 aromatic rings. The lowest BCUT2D eigenvalue weighted by molar-refractivity contribution is -0.135. The SMILES string of the molecule is O=C(NCCCCC(F)(F)F)c1ccc(C#CCCO)s1. The van der Waals surface area contributed by atoms with E-state index in [9.17, 15) is 18.0 Å². The highest BCUT2D eigenvalue weighted by atomic mass is 32.1. The van der Waals surface area contributed by atoms with Crippen molar-refractivity contribution in [3.63, 3.8) is 0 Å². The number of amides is 1. The number of carbonyl (C=O) groups excluding carboxylic acids is 1. The summed E-state index contributed by atoms with van der Waals surface area (Å²) >= 11 is 1.21. The molecule has 116 valence electrons. The van der Waals surface area contributed by atoms with Gasteiger partial charge in [0.1, 0.15) is 0 Å². The summed E-state index contributed by atoms with van der Waals surface area (Å²) in [6.07, 6.45) is -4.29. The Kier molecular flexibility index (Phi) is 7.26. The molecule has 0 saturated carbocycles. The number of nitrogens with one attached hydrogen (secondary N) is 1. The van der Waals surface area contributed by atoms with Crippen molar-refractivity contribution in [1.82, 2.24) is 5.32 Å². The Morgan fingerprint density at radius 2 is 2.10 bits per heavy atom. The van der Waals surface area contributed by atoms with Gasteiger partial charge < -0.3 is 10.4 Å². The monoisotopic (exact) mass is 319 g/mol. The Bertz CT molecular complexity index is 514. The van der Waals surface area contributed by atoms with E-state index in [1.807, 2.05) is 0 Å². The lowest BCUT2D eigenvalue weighted by atomic mass is 10.2. The number of aliphatic hydroxyl groups is 1. The molecule has 1 amide bonds. The van der Waals surface area contributed by atoms with Crippen LogP contribution in [0.5, 0.6) is 0 Å². The van der Waals surface area contributed by atoms with Crippen LogP contribution < -0.4 is 5.32 Å². The van der Waals surface area contributed by atoms with Crippen molar-refractivity contribution in [2.75, 3.05) is 13.2 Å². The van der Waals surface area contributed by atoms with E-state index in [1.165, 1.54) is 11.3 Å². The average Bonchev–Trinajstić information content (AvgIpc) is 2.86. The van der Waals surface area contributed by atoms with Gasteiger partial charge in [-0.3, -0.25) is 4.79 Å². The van der Waals surface area contributed by atoms with Gasteiger partial charge in [-0.15, -0.1) is 11.3 Å². The predicted octanol–water partition coefficient (Wildman–Crippen LogP) is 2.94. The summed E-state index contributed by atoms with van der Waals surface area (Å²) in [5, 5.41) is 11.2. The number of aliphatic hydroxyl groups excluding tert-OH is 1. The van der Waals surface area contributed by atoms with Gasteiger partial charge in [-0.1, -0.05) is 11.8 Å². The summed E-state index contributed by atoms with van der Waals surface area (Å²) in [5.74, 6) is 5.26. The molecular formula is C14H16F3NO2S. The number of halogens is 3. The molecule has 0 spiro atoms. The molecular weight excluding hydrogens is 303 g/mol. The van der Waals surface area contributed by atoms with Crippen LogP contribution in [-0.2, 0) is 0 Å². The molecule has 21 heavy (non-hydrogen) atoms. The highest BCUT2D eigenvalue weighted by Crippen LogP contribution is 2.22. The third kappa shape index (κ3) is 7.73. The predicted molar refractivity (Wildman–Crippen MR) is 75.1 cm³/mol. The molecule has 0 aliphatic heterocycles. The van der Waals surface area contributed by atoms with E-state index < -0.39 is 12.6 Å². The molecule has 1 aromatic heterocycles. The maximum Gasteiger partial charge on any atom is 0.389 e. The minimum Gasteiger partial charge on any atom is -0.395 e. The maximum atomic E-state index is 11.9. The van der Waals surface area contributed by atoms with Crippen molar-refractivity contribution in [2.24, 2.45) is 0 Å². The van der Waals surface area contributed by atoms with Gasteiger partial charge in [-0.05, 0) is 25.0 Å². The molecule has 0 fully saturated rings. The lowest BCUT2D eigenvalue weighted by Crippen LogP contribution is -2.23. The quantitative estimate of drug-likeness (QED) is 0.626. The van der Waals surface area contributed by atoms with Crippen LogP contribution in [0.4, 0.5) is 13.2 Å². The molecule has 0 aromatic carbocycles. The van der Waals surface area contributed by atoms with Gasteiger partial charge in [0, 0.05) is 19.4 Å². The largest absolute Gasteiger partial charge is 0.395 e. The summed E-state index contributed by atoms with van der Waals surface area (Å²) < 4.78 is 35.8. The zero-order valence-corrected chi connectivity index (χ0v) is 12.1. The second-order valence-electron chi connectivity index (χ2n) is 4.27. The van der Waals surface area contributed by atoms with Crippen LogP contribution in [0.15, 0.2) is 12.1 Å². The fraction of sp³-hybridized carbons (Fsp3) is 0.500. The standard InChI is InChI=1S/C14H16F3NO2S/c15-14(16,17)8-2-3-9-18-13(20)12-7-6-11(21-12)5-1-4-10-19/h6-7,19H,2-4,8-10H2,(H,18,20). The normalized spacial score (nSPS) is 10.9. The molecule has 7 heteroatoms. The van der Waals surface area contributed by atoms with Gasteiger partial charge in [0.15, 0.2) is 0 Å².